The monoisotopic (exact) mass is 334 g/mol. The molecule has 2 aromatic carbocycles. The highest BCUT2D eigenvalue weighted by Crippen LogP contribution is 2.25. The van der Waals surface area contributed by atoms with E-state index in [9.17, 15) is 4.79 Å². The van der Waals surface area contributed by atoms with Gasteiger partial charge in [0.2, 0.25) is 0 Å². The average Bonchev–Trinajstić information content (AvgIpc) is 2.98. The number of para-hydroxylation sites is 2. The van der Waals surface area contributed by atoms with Crippen LogP contribution in [0, 0.1) is 13.8 Å². The van der Waals surface area contributed by atoms with Gasteiger partial charge in [-0.25, -0.2) is 0 Å². The van der Waals surface area contributed by atoms with Crippen molar-refractivity contribution in [2.24, 2.45) is 0 Å². The highest BCUT2D eigenvalue weighted by atomic mass is 16.1. The summed E-state index contributed by atoms with van der Waals surface area (Å²) in [4.78, 5) is 13.0. The number of hydrogen-bond donors (Lipinski definition) is 1. The van der Waals surface area contributed by atoms with E-state index in [0.717, 1.165) is 46.2 Å². The number of rotatable bonds is 6. The third-order valence-corrected chi connectivity index (χ3v) is 4.76. The van der Waals surface area contributed by atoms with Crippen LogP contribution in [0.15, 0.2) is 48.7 Å². The largest absolute Gasteiger partial charge is 0.347 e. The van der Waals surface area contributed by atoms with Crippen LogP contribution in [0.3, 0.4) is 0 Å². The number of fused-ring (bicyclic) bond motifs is 1. The molecular weight excluding hydrogens is 308 g/mol. The van der Waals surface area contributed by atoms with Gasteiger partial charge in [-0.1, -0.05) is 56.2 Å². The minimum Gasteiger partial charge on any atom is -0.347 e. The van der Waals surface area contributed by atoms with E-state index < -0.39 is 0 Å². The summed E-state index contributed by atoms with van der Waals surface area (Å²) in [6, 6.07) is 14.2. The van der Waals surface area contributed by atoms with Gasteiger partial charge in [0.25, 0.3) is 5.91 Å². The summed E-state index contributed by atoms with van der Waals surface area (Å²) in [5.74, 6) is -0.0390. The van der Waals surface area contributed by atoms with E-state index in [1.54, 1.807) is 0 Å². The summed E-state index contributed by atoms with van der Waals surface area (Å²) in [5.41, 5.74) is 4.95. The quantitative estimate of drug-likeness (QED) is 0.576. The molecule has 1 amide bonds. The zero-order valence-electron chi connectivity index (χ0n) is 15.3. The number of anilines is 1. The number of hydrogen-bond acceptors (Lipinski definition) is 1. The van der Waals surface area contributed by atoms with Crippen LogP contribution in [0.2, 0.25) is 0 Å². The number of carbonyl (C=O) groups is 1. The van der Waals surface area contributed by atoms with Crippen LogP contribution in [-0.2, 0) is 6.54 Å². The van der Waals surface area contributed by atoms with Gasteiger partial charge >= 0.3 is 0 Å². The molecule has 3 aromatic rings. The second-order valence-electron chi connectivity index (χ2n) is 6.68. The fourth-order valence-corrected chi connectivity index (χ4v) is 3.34. The van der Waals surface area contributed by atoms with Gasteiger partial charge in [0.1, 0.15) is 0 Å². The molecule has 3 rings (SSSR count). The second kappa shape index (κ2) is 7.56. The molecular formula is C22H26N2O. The van der Waals surface area contributed by atoms with Crippen molar-refractivity contribution in [2.45, 2.75) is 46.6 Å². The van der Waals surface area contributed by atoms with Crippen molar-refractivity contribution in [1.29, 1.82) is 0 Å². The van der Waals surface area contributed by atoms with E-state index in [1.807, 2.05) is 56.4 Å². The van der Waals surface area contributed by atoms with Crippen molar-refractivity contribution in [3.8, 4) is 0 Å². The molecule has 3 heteroatoms. The number of nitrogens with zero attached hydrogens (tertiary/aromatic N) is 1. The molecule has 0 spiro atoms. The lowest BCUT2D eigenvalue weighted by atomic mass is 10.1. The summed E-state index contributed by atoms with van der Waals surface area (Å²) < 4.78 is 2.21. The Labute approximate surface area is 149 Å². The van der Waals surface area contributed by atoms with E-state index in [4.69, 9.17) is 0 Å². The predicted molar refractivity (Wildman–Crippen MR) is 105 cm³/mol. The topological polar surface area (TPSA) is 34.0 Å². The highest BCUT2D eigenvalue weighted by Gasteiger charge is 2.16. The molecule has 0 aliphatic rings. The van der Waals surface area contributed by atoms with E-state index in [1.165, 1.54) is 12.8 Å². The molecule has 1 N–H and O–H groups in total. The Balaban J connectivity index is 1.93. The smallest absolute Gasteiger partial charge is 0.257 e. The van der Waals surface area contributed by atoms with Crippen LogP contribution >= 0.6 is 0 Å². The fraction of sp³-hybridized carbons (Fsp3) is 0.318. The molecule has 25 heavy (non-hydrogen) atoms. The van der Waals surface area contributed by atoms with Crippen molar-refractivity contribution in [1.82, 2.24) is 4.57 Å². The van der Waals surface area contributed by atoms with Gasteiger partial charge in [-0.15, -0.1) is 0 Å². The first-order valence-electron chi connectivity index (χ1n) is 9.07. The molecule has 0 fully saturated rings. The van der Waals surface area contributed by atoms with E-state index in [0.29, 0.717) is 0 Å². The molecule has 0 unspecified atom stereocenters. The standard InChI is InChI=1S/C22H26N2O/c1-4-5-8-14-24-15-19(18-12-6-7-13-20(18)24)22(25)23-21-16(2)10-9-11-17(21)3/h6-7,9-13,15H,4-5,8,14H2,1-3H3,(H,23,25). The molecule has 0 saturated heterocycles. The van der Waals surface area contributed by atoms with Crippen LogP contribution in [0.4, 0.5) is 5.69 Å². The minimum atomic E-state index is -0.0390. The Bertz CT molecular complexity index is 872. The average molecular weight is 334 g/mol. The molecule has 0 atom stereocenters. The number of unbranched alkanes of at least 4 members (excludes halogenated alkanes) is 2. The van der Waals surface area contributed by atoms with Gasteiger partial charge in [-0.3, -0.25) is 4.79 Å². The van der Waals surface area contributed by atoms with Crippen molar-refractivity contribution < 1.29 is 4.79 Å². The predicted octanol–water partition coefficient (Wildman–Crippen LogP) is 5.70. The van der Waals surface area contributed by atoms with Crippen molar-refractivity contribution in [3.63, 3.8) is 0 Å². The molecule has 1 heterocycles. The Morgan fingerprint density at radius 1 is 1.00 bits per heavy atom. The lowest BCUT2D eigenvalue weighted by Crippen LogP contribution is -2.13. The Morgan fingerprint density at radius 3 is 2.44 bits per heavy atom. The van der Waals surface area contributed by atoms with Crippen molar-refractivity contribution >= 4 is 22.5 Å². The molecule has 1 aromatic heterocycles. The maximum absolute atomic E-state index is 13.0. The van der Waals surface area contributed by atoms with Crippen molar-refractivity contribution in [3.05, 3.63) is 65.4 Å². The summed E-state index contributed by atoms with van der Waals surface area (Å²) in [6.07, 6.45) is 5.53. The van der Waals surface area contributed by atoms with Gasteiger partial charge in [0, 0.05) is 29.3 Å². The third kappa shape index (κ3) is 3.60. The SMILES string of the molecule is CCCCCn1cc(C(=O)Nc2c(C)cccc2C)c2ccccc21. The van der Waals surface area contributed by atoms with Gasteiger partial charge in [-0.2, -0.15) is 0 Å². The maximum atomic E-state index is 13.0. The molecule has 0 radical (unpaired) electrons. The number of aryl methyl sites for hydroxylation is 3. The number of amides is 1. The van der Waals surface area contributed by atoms with Gasteiger partial charge in [0.15, 0.2) is 0 Å². The maximum Gasteiger partial charge on any atom is 0.257 e. The Hall–Kier alpha value is -2.55. The lowest BCUT2D eigenvalue weighted by molar-refractivity contribution is 0.102. The normalized spacial score (nSPS) is 11.0. The first kappa shape index (κ1) is 17.3. The third-order valence-electron chi connectivity index (χ3n) is 4.76. The number of benzene rings is 2. The van der Waals surface area contributed by atoms with Gasteiger partial charge in [-0.05, 0) is 37.5 Å². The van der Waals surface area contributed by atoms with Gasteiger partial charge < -0.3 is 9.88 Å². The van der Waals surface area contributed by atoms with E-state index >= 15 is 0 Å². The first-order valence-corrected chi connectivity index (χ1v) is 9.07. The summed E-state index contributed by atoms with van der Waals surface area (Å²) in [6.45, 7) is 7.20. The number of carbonyl (C=O) groups excluding carboxylic acids is 1. The molecule has 0 aliphatic carbocycles. The lowest BCUT2D eigenvalue weighted by Gasteiger charge is -2.11. The fourth-order valence-electron chi connectivity index (χ4n) is 3.34. The molecule has 0 aliphatic heterocycles. The van der Waals surface area contributed by atoms with E-state index in [-0.39, 0.29) is 5.91 Å². The molecule has 0 saturated carbocycles. The second-order valence-corrected chi connectivity index (χ2v) is 6.68. The van der Waals surface area contributed by atoms with Crippen LogP contribution < -0.4 is 5.32 Å². The summed E-state index contributed by atoms with van der Waals surface area (Å²) in [5, 5.41) is 4.13. The van der Waals surface area contributed by atoms with Crippen molar-refractivity contribution in [2.75, 3.05) is 5.32 Å². The number of nitrogens with one attached hydrogen (secondary N) is 1. The summed E-state index contributed by atoms with van der Waals surface area (Å²) in [7, 11) is 0. The van der Waals surface area contributed by atoms with Crippen LogP contribution in [0.1, 0.15) is 47.7 Å². The Morgan fingerprint density at radius 2 is 1.72 bits per heavy atom. The van der Waals surface area contributed by atoms with Gasteiger partial charge in [0.05, 0.1) is 5.56 Å². The minimum absolute atomic E-state index is 0.0390. The number of aromatic nitrogens is 1. The molecule has 0 bridgehead atoms. The zero-order valence-corrected chi connectivity index (χ0v) is 15.3. The van der Waals surface area contributed by atoms with Crippen LogP contribution in [0.25, 0.3) is 10.9 Å². The van der Waals surface area contributed by atoms with E-state index in [2.05, 4.69) is 22.9 Å². The zero-order chi connectivity index (χ0) is 17.8. The highest BCUT2D eigenvalue weighted by molar-refractivity contribution is 6.13. The molecule has 130 valence electrons. The Kier molecular flexibility index (Phi) is 5.22. The molecule has 3 nitrogen and oxygen atoms in total. The van der Waals surface area contributed by atoms with Crippen LogP contribution in [-0.4, -0.2) is 10.5 Å². The van der Waals surface area contributed by atoms with Crippen LogP contribution in [0.5, 0.6) is 0 Å². The summed E-state index contributed by atoms with van der Waals surface area (Å²) >= 11 is 0. The first-order chi connectivity index (χ1) is 12.1.